The summed E-state index contributed by atoms with van der Waals surface area (Å²) in [6, 6.07) is 11.9. The fourth-order valence-corrected chi connectivity index (χ4v) is 7.38. The van der Waals surface area contributed by atoms with Crippen molar-refractivity contribution in [2.45, 2.75) is 52.0 Å². The largest absolute Gasteiger partial charge is 0.508 e. The minimum absolute atomic E-state index is 0.0321. The summed E-state index contributed by atoms with van der Waals surface area (Å²) < 4.78 is 49.5. The number of rotatable bonds is 46. The molecule has 2 heterocycles. The summed E-state index contributed by atoms with van der Waals surface area (Å²) in [5.74, 6) is -2.96. The molecule has 0 fully saturated rings. The Hall–Kier alpha value is -7.17. The highest BCUT2D eigenvalue weighted by molar-refractivity contribution is 6.13. The molecular formula is C55H78N8O18. The zero-order valence-corrected chi connectivity index (χ0v) is 46.2. The van der Waals surface area contributed by atoms with Crippen molar-refractivity contribution in [3.05, 3.63) is 88.8 Å². The minimum Gasteiger partial charge on any atom is -0.508 e. The Bertz CT molecular complexity index is 2410. The van der Waals surface area contributed by atoms with Gasteiger partial charge in [0.1, 0.15) is 17.5 Å². The summed E-state index contributed by atoms with van der Waals surface area (Å²) in [6.07, 6.45) is 4.53. The van der Waals surface area contributed by atoms with Gasteiger partial charge in [-0.3, -0.25) is 33.7 Å². The molecule has 7 N–H and O–H groups in total. The number of amides is 6. The highest BCUT2D eigenvalue weighted by Gasteiger charge is 2.26. The van der Waals surface area contributed by atoms with Crippen molar-refractivity contribution in [3.63, 3.8) is 0 Å². The van der Waals surface area contributed by atoms with Crippen molar-refractivity contribution in [1.82, 2.24) is 36.1 Å². The maximum absolute atomic E-state index is 13.2. The zero-order valence-electron chi connectivity index (χ0n) is 46.2. The molecular weight excluding hydrogens is 1060 g/mol. The van der Waals surface area contributed by atoms with Crippen molar-refractivity contribution in [2.75, 3.05) is 150 Å². The molecule has 1 unspecified atom stereocenters. The standard InChI is InChI=1S/C55H78N8O18/c1-40-51(41(2)61-55(60-40)58-16-5-8-42-7-3-10-44(64)37-42)53(70)62-46(54(71)72)39-59-52(69)43-9-4-11-45(38-43)81-20-6-17-56-48(66)15-21-73-23-25-75-27-29-77-31-33-79-35-36-80-34-32-78-30-28-76-26-24-74-22-18-57-47(65)14-19-63-49(67)12-13-50(63)68/h3-4,7,9-13,37-38,46,64H,5-6,8,14-36,39H2,1-2H3,(H,56,66)(H,57,65)(H,59,69)(H,62,70)(H,71,72)(H,58,60,61). The normalized spacial score (nSPS) is 12.3. The number of phenolic OH excluding ortho intramolecular Hbond substituents is 1. The Kier molecular flexibility index (Phi) is 32.8. The van der Waals surface area contributed by atoms with Crippen LogP contribution < -0.4 is 31.3 Å². The van der Waals surface area contributed by atoms with Gasteiger partial charge >= 0.3 is 5.97 Å². The molecule has 0 radical (unpaired) electrons. The predicted molar refractivity (Wildman–Crippen MR) is 292 cm³/mol. The van der Waals surface area contributed by atoms with Crippen molar-refractivity contribution >= 4 is 47.4 Å². The Morgan fingerprint density at radius 1 is 0.580 bits per heavy atom. The van der Waals surface area contributed by atoms with Gasteiger partial charge in [0.05, 0.1) is 129 Å². The summed E-state index contributed by atoms with van der Waals surface area (Å²) in [5, 5.41) is 33.2. The number of aromatic nitrogens is 2. The summed E-state index contributed by atoms with van der Waals surface area (Å²) in [6.45, 7) is 10.4. The number of imide groups is 1. The van der Waals surface area contributed by atoms with Gasteiger partial charge in [0.2, 0.25) is 17.8 Å². The molecule has 3 aromatic rings. The van der Waals surface area contributed by atoms with Crippen molar-refractivity contribution < 1.29 is 86.4 Å². The van der Waals surface area contributed by atoms with Gasteiger partial charge in [-0.1, -0.05) is 18.2 Å². The first-order valence-corrected chi connectivity index (χ1v) is 26.9. The molecule has 0 saturated heterocycles. The Morgan fingerprint density at radius 3 is 1.68 bits per heavy atom. The van der Waals surface area contributed by atoms with E-state index in [0.717, 1.165) is 23.3 Å². The van der Waals surface area contributed by atoms with Crippen LogP contribution in [0.1, 0.15) is 63.4 Å². The van der Waals surface area contributed by atoms with Crippen LogP contribution in [0, 0.1) is 13.8 Å². The van der Waals surface area contributed by atoms with E-state index in [1.165, 1.54) is 18.2 Å². The van der Waals surface area contributed by atoms with E-state index < -0.39 is 42.2 Å². The molecule has 1 aliphatic heterocycles. The van der Waals surface area contributed by atoms with E-state index >= 15 is 0 Å². The number of hydrogen-bond acceptors (Lipinski definition) is 20. The average Bonchev–Trinajstić information content (AvgIpc) is 3.84. The zero-order chi connectivity index (χ0) is 58.3. The van der Waals surface area contributed by atoms with Crippen LogP contribution in [0.2, 0.25) is 0 Å². The lowest BCUT2D eigenvalue weighted by Crippen LogP contribution is -2.48. The second kappa shape index (κ2) is 40.1. The highest BCUT2D eigenvalue weighted by Crippen LogP contribution is 2.16. The lowest BCUT2D eigenvalue weighted by atomic mass is 10.1. The first-order valence-electron chi connectivity index (χ1n) is 26.9. The van der Waals surface area contributed by atoms with Crippen LogP contribution >= 0.6 is 0 Å². The van der Waals surface area contributed by atoms with Crippen LogP contribution in [-0.2, 0) is 68.3 Å². The van der Waals surface area contributed by atoms with Crippen LogP contribution in [0.15, 0.2) is 60.7 Å². The van der Waals surface area contributed by atoms with E-state index in [1.54, 1.807) is 50.2 Å². The first kappa shape index (κ1) is 66.3. The molecule has 0 aliphatic carbocycles. The number of carboxylic acid groups (broad SMARTS) is 1. The molecule has 446 valence electrons. The number of carbonyl (C=O) groups excluding carboxylic acids is 6. The van der Waals surface area contributed by atoms with Gasteiger partial charge in [0.15, 0.2) is 0 Å². The summed E-state index contributed by atoms with van der Waals surface area (Å²) in [7, 11) is 0. The van der Waals surface area contributed by atoms with E-state index in [1.807, 2.05) is 6.07 Å². The second-order valence-corrected chi connectivity index (χ2v) is 17.9. The van der Waals surface area contributed by atoms with Gasteiger partial charge in [-0.05, 0) is 69.0 Å². The van der Waals surface area contributed by atoms with Crippen molar-refractivity contribution in [1.29, 1.82) is 0 Å². The Morgan fingerprint density at radius 2 is 1.11 bits per heavy atom. The number of aliphatic carboxylic acids is 1. The van der Waals surface area contributed by atoms with Gasteiger partial charge in [0.25, 0.3) is 23.6 Å². The number of benzene rings is 2. The number of aromatic hydroxyl groups is 1. The maximum Gasteiger partial charge on any atom is 0.328 e. The van der Waals surface area contributed by atoms with E-state index in [4.69, 9.17) is 42.6 Å². The van der Waals surface area contributed by atoms with E-state index in [-0.39, 0.29) is 61.3 Å². The van der Waals surface area contributed by atoms with Crippen molar-refractivity contribution in [3.8, 4) is 11.5 Å². The molecule has 6 amide bonds. The SMILES string of the molecule is Cc1nc(NCCCc2cccc(O)c2)nc(C)c1C(=O)NC(CNC(=O)c1cccc(OCCCNC(=O)CCOCCOCCOCCOCCOCCOCCOCCOCCNC(=O)CCN2C(=O)C=CC2=O)c1)C(=O)O. The van der Waals surface area contributed by atoms with E-state index in [0.29, 0.717) is 148 Å². The van der Waals surface area contributed by atoms with Crippen molar-refractivity contribution in [2.24, 2.45) is 0 Å². The van der Waals surface area contributed by atoms with Crippen LogP contribution in [0.5, 0.6) is 11.5 Å². The number of carbonyl (C=O) groups is 7. The monoisotopic (exact) mass is 1140 g/mol. The lowest BCUT2D eigenvalue weighted by Gasteiger charge is -2.17. The van der Waals surface area contributed by atoms with Crippen LogP contribution in [0.3, 0.4) is 0 Å². The van der Waals surface area contributed by atoms with Crippen LogP contribution in [-0.4, -0.2) is 218 Å². The minimum atomic E-state index is -1.45. The first-order chi connectivity index (χ1) is 39.3. The number of nitrogens with one attached hydrogen (secondary N) is 5. The maximum atomic E-state index is 13.2. The number of ether oxygens (including phenoxy) is 9. The molecule has 0 bridgehead atoms. The number of hydrogen-bond donors (Lipinski definition) is 7. The Labute approximate surface area is 471 Å². The smallest absolute Gasteiger partial charge is 0.328 e. The van der Waals surface area contributed by atoms with Gasteiger partial charge in [0, 0.05) is 63.3 Å². The fourth-order valence-electron chi connectivity index (χ4n) is 7.38. The van der Waals surface area contributed by atoms with Gasteiger partial charge in [-0.2, -0.15) is 0 Å². The molecule has 26 nitrogen and oxygen atoms in total. The summed E-state index contributed by atoms with van der Waals surface area (Å²) in [4.78, 5) is 95.2. The quantitative estimate of drug-likeness (QED) is 0.0310. The summed E-state index contributed by atoms with van der Waals surface area (Å²) >= 11 is 0. The molecule has 1 atom stereocenters. The number of phenols is 1. The predicted octanol–water partition coefficient (Wildman–Crippen LogP) is 1.30. The fraction of sp³-hybridized carbons (Fsp3) is 0.545. The second-order valence-electron chi connectivity index (χ2n) is 17.9. The lowest BCUT2D eigenvalue weighted by molar-refractivity contribution is -0.139. The number of anilines is 1. The molecule has 26 heteroatoms. The van der Waals surface area contributed by atoms with E-state index in [9.17, 15) is 43.8 Å². The topological polar surface area (TPSA) is 332 Å². The molecule has 4 rings (SSSR count). The molecule has 1 aromatic heterocycles. The van der Waals surface area contributed by atoms with E-state index in [2.05, 4.69) is 36.6 Å². The Balaban J connectivity index is 0.886. The van der Waals surface area contributed by atoms with Gasteiger partial charge < -0.3 is 79.4 Å². The third-order valence-corrected chi connectivity index (χ3v) is 11.5. The highest BCUT2D eigenvalue weighted by atomic mass is 16.6. The molecule has 81 heavy (non-hydrogen) atoms. The average molecular weight is 1140 g/mol. The molecule has 2 aromatic carbocycles. The third-order valence-electron chi connectivity index (χ3n) is 11.5. The molecule has 0 saturated carbocycles. The van der Waals surface area contributed by atoms with Crippen LogP contribution in [0.25, 0.3) is 0 Å². The van der Waals surface area contributed by atoms with Crippen LogP contribution in [0.4, 0.5) is 5.95 Å². The molecule has 1 aliphatic rings. The summed E-state index contributed by atoms with van der Waals surface area (Å²) in [5.41, 5.74) is 2.03. The van der Waals surface area contributed by atoms with Gasteiger partial charge in [-0.25, -0.2) is 14.8 Å². The number of nitrogens with zero attached hydrogens (tertiary/aromatic N) is 3. The molecule has 0 spiro atoms. The number of carboxylic acids is 1. The van der Waals surface area contributed by atoms with Gasteiger partial charge in [-0.15, -0.1) is 0 Å². The third kappa shape index (κ3) is 28.7. The number of aryl methyl sites for hydroxylation is 3.